The normalized spacial score (nSPS) is 30.8. The Morgan fingerprint density at radius 1 is 1.54 bits per heavy atom. The monoisotopic (exact) mass is 197 g/mol. The summed E-state index contributed by atoms with van der Waals surface area (Å²) in [6.45, 7) is 2.06. The topological polar surface area (TPSA) is 12.0 Å². The first-order valence-corrected chi connectivity index (χ1v) is 6.30. The summed E-state index contributed by atoms with van der Waals surface area (Å²) in [6.07, 6.45) is 12.9. The molecule has 0 aromatic carbocycles. The maximum Gasteiger partial charge on any atom is 0.0660 e. The third-order valence-corrected chi connectivity index (χ3v) is 3.79. The molecule has 0 aliphatic heterocycles. The molecule has 0 amide bonds. The highest BCUT2D eigenvalue weighted by Crippen LogP contribution is 2.26. The second-order valence-corrected chi connectivity index (χ2v) is 4.91. The molecule has 1 saturated carbocycles. The highest BCUT2D eigenvalue weighted by molar-refractivity contribution is 7.99. The first-order valence-electron chi connectivity index (χ1n) is 5.01. The smallest absolute Gasteiger partial charge is 0.0660 e. The van der Waals surface area contributed by atoms with Crippen LogP contribution in [0, 0.1) is 12.3 Å². The van der Waals surface area contributed by atoms with Gasteiger partial charge in [0.2, 0.25) is 0 Å². The molecule has 0 aromatic heterocycles. The van der Waals surface area contributed by atoms with Gasteiger partial charge in [-0.1, -0.05) is 12.3 Å². The molecule has 0 saturated heterocycles. The summed E-state index contributed by atoms with van der Waals surface area (Å²) >= 11 is 1.99. The van der Waals surface area contributed by atoms with Crippen molar-refractivity contribution < 1.29 is 0 Å². The van der Waals surface area contributed by atoms with Crippen molar-refractivity contribution in [1.29, 1.82) is 0 Å². The van der Waals surface area contributed by atoms with Crippen LogP contribution in [0.1, 0.15) is 32.6 Å². The first-order chi connectivity index (χ1) is 6.26. The van der Waals surface area contributed by atoms with E-state index in [1.54, 1.807) is 0 Å². The molecule has 2 heteroatoms. The van der Waals surface area contributed by atoms with Gasteiger partial charge in [-0.3, -0.25) is 0 Å². The Kier molecular flexibility index (Phi) is 4.69. The Hall–Kier alpha value is -0.130. The van der Waals surface area contributed by atoms with Gasteiger partial charge in [-0.05, 0) is 32.4 Å². The molecule has 0 heterocycles. The standard InChI is InChI=1S/C11H19NS/c1-4-9(2)12-10-6-5-7-11(8-10)13-3/h1,9-12H,5-8H2,2-3H3. The number of rotatable bonds is 3. The van der Waals surface area contributed by atoms with Crippen LogP contribution in [0.15, 0.2) is 0 Å². The van der Waals surface area contributed by atoms with Gasteiger partial charge in [0.15, 0.2) is 0 Å². The van der Waals surface area contributed by atoms with E-state index in [1.807, 2.05) is 11.8 Å². The van der Waals surface area contributed by atoms with Crippen LogP contribution in [-0.2, 0) is 0 Å². The summed E-state index contributed by atoms with van der Waals surface area (Å²) in [5.41, 5.74) is 0. The summed E-state index contributed by atoms with van der Waals surface area (Å²) < 4.78 is 0. The van der Waals surface area contributed by atoms with Crippen LogP contribution in [-0.4, -0.2) is 23.6 Å². The molecule has 1 rings (SSSR count). The molecule has 13 heavy (non-hydrogen) atoms. The number of thioether (sulfide) groups is 1. The van der Waals surface area contributed by atoms with Gasteiger partial charge in [-0.25, -0.2) is 0 Å². The second kappa shape index (κ2) is 5.57. The summed E-state index contributed by atoms with van der Waals surface area (Å²) in [7, 11) is 0. The lowest BCUT2D eigenvalue weighted by Crippen LogP contribution is -2.39. The lowest BCUT2D eigenvalue weighted by atomic mass is 9.94. The van der Waals surface area contributed by atoms with Crippen LogP contribution in [0.4, 0.5) is 0 Å². The van der Waals surface area contributed by atoms with E-state index in [0.29, 0.717) is 6.04 Å². The quantitative estimate of drug-likeness (QED) is 0.697. The van der Waals surface area contributed by atoms with Gasteiger partial charge in [0, 0.05) is 11.3 Å². The van der Waals surface area contributed by atoms with Crippen molar-refractivity contribution in [3.05, 3.63) is 0 Å². The van der Waals surface area contributed by atoms with Crippen molar-refractivity contribution in [3.8, 4) is 12.3 Å². The summed E-state index contributed by atoms with van der Waals surface area (Å²) in [4.78, 5) is 0. The zero-order chi connectivity index (χ0) is 9.68. The van der Waals surface area contributed by atoms with Crippen LogP contribution < -0.4 is 5.32 Å². The molecule has 1 fully saturated rings. The molecule has 1 aliphatic rings. The first kappa shape index (κ1) is 10.9. The highest BCUT2D eigenvalue weighted by atomic mass is 32.2. The fraction of sp³-hybridized carbons (Fsp3) is 0.818. The third kappa shape index (κ3) is 3.62. The van der Waals surface area contributed by atoms with Crippen LogP contribution in [0.2, 0.25) is 0 Å². The molecule has 3 atom stereocenters. The zero-order valence-electron chi connectivity index (χ0n) is 8.55. The van der Waals surface area contributed by atoms with Gasteiger partial charge < -0.3 is 5.32 Å². The Labute approximate surface area is 86.1 Å². The van der Waals surface area contributed by atoms with Crippen molar-refractivity contribution in [2.75, 3.05) is 6.26 Å². The maximum atomic E-state index is 5.34. The van der Waals surface area contributed by atoms with E-state index in [-0.39, 0.29) is 6.04 Å². The summed E-state index contributed by atoms with van der Waals surface area (Å²) in [5.74, 6) is 2.73. The molecule has 0 aromatic rings. The van der Waals surface area contributed by atoms with Gasteiger partial charge >= 0.3 is 0 Å². The lowest BCUT2D eigenvalue weighted by molar-refractivity contribution is 0.371. The zero-order valence-corrected chi connectivity index (χ0v) is 9.36. The molecule has 0 radical (unpaired) electrons. The van der Waals surface area contributed by atoms with Gasteiger partial charge in [0.05, 0.1) is 6.04 Å². The molecule has 0 spiro atoms. The fourth-order valence-electron chi connectivity index (χ4n) is 1.91. The van der Waals surface area contributed by atoms with Crippen molar-refractivity contribution in [2.45, 2.75) is 49.9 Å². The van der Waals surface area contributed by atoms with Gasteiger partial charge in [-0.2, -0.15) is 11.8 Å². The number of hydrogen-bond acceptors (Lipinski definition) is 2. The average Bonchev–Trinajstić information content (AvgIpc) is 2.18. The van der Waals surface area contributed by atoms with Gasteiger partial charge in [0.1, 0.15) is 0 Å². The van der Waals surface area contributed by atoms with Gasteiger partial charge in [-0.15, -0.1) is 6.42 Å². The minimum Gasteiger partial charge on any atom is -0.301 e. The van der Waals surface area contributed by atoms with Crippen molar-refractivity contribution in [2.24, 2.45) is 0 Å². The maximum absolute atomic E-state index is 5.34. The molecule has 1 N–H and O–H groups in total. The van der Waals surface area contributed by atoms with Crippen LogP contribution in [0.5, 0.6) is 0 Å². The minimum atomic E-state index is 0.227. The van der Waals surface area contributed by atoms with E-state index >= 15 is 0 Å². The van der Waals surface area contributed by atoms with Crippen LogP contribution >= 0.6 is 11.8 Å². The van der Waals surface area contributed by atoms with Gasteiger partial charge in [0.25, 0.3) is 0 Å². The molecule has 1 nitrogen and oxygen atoms in total. The Morgan fingerprint density at radius 3 is 2.92 bits per heavy atom. The van der Waals surface area contributed by atoms with E-state index in [0.717, 1.165) is 5.25 Å². The Morgan fingerprint density at radius 2 is 2.31 bits per heavy atom. The van der Waals surface area contributed by atoms with Crippen molar-refractivity contribution >= 4 is 11.8 Å². The number of nitrogens with one attached hydrogen (secondary N) is 1. The predicted molar refractivity (Wildman–Crippen MR) is 61.0 cm³/mol. The van der Waals surface area contributed by atoms with E-state index in [2.05, 4.69) is 24.4 Å². The van der Waals surface area contributed by atoms with E-state index in [1.165, 1.54) is 25.7 Å². The molecular formula is C11H19NS. The van der Waals surface area contributed by atoms with E-state index in [9.17, 15) is 0 Å². The Bertz CT molecular complexity index is 185. The number of hydrogen-bond donors (Lipinski definition) is 1. The molecule has 74 valence electrons. The SMILES string of the molecule is C#CC(C)NC1CCCC(SC)C1. The third-order valence-electron chi connectivity index (χ3n) is 2.70. The lowest BCUT2D eigenvalue weighted by Gasteiger charge is -2.29. The largest absolute Gasteiger partial charge is 0.301 e. The molecular weight excluding hydrogens is 178 g/mol. The number of terminal acetylenes is 1. The highest BCUT2D eigenvalue weighted by Gasteiger charge is 2.21. The molecule has 1 aliphatic carbocycles. The van der Waals surface area contributed by atoms with Crippen LogP contribution in [0.25, 0.3) is 0 Å². The summed E-state index contributed by atoms with van der Waals surface area (Å²) in [5, 5.41) is 4.33. The van der Waals surface area contributed by atoms with Crippen molar-refractivity contribution in [1.82, 2.24) is 5.32 Å². The minimum absolute atomic E-state index is 0.227. The van der Waals surface area contributed by atoms with E-state index in [4.69, 9.17) is 6.42 Å². The summed E-state index contributed by atoms with van der Waals surface area (Å²) in [6, 6.07) is 0.878. The predicted octanol–water partition coefficient (Wildman–Crippen LogP) is 2.27. The van der Waals surface area contributed by atoms with Crippen molar-refractivity contribution in [3.63, 3.8) is 0 Å². The fourth-order valence-corrected chi connectivity index (χ4v) is 2.74. The Balaban J connectivity index is 2.30. The van der Waals surface area contributed by atoms with E-state index < -0.39 is 0 Å². The average molecular weight is 197 g/mol. The molecule has 3 unspecified atom stereocenters. The second-order valence-electron chi connectivity index (χ2n) is 3.78. The molecule has 0 bridgehead atoms. The van der Waals surface area contributed by atoms with Crippen LogP contribution in [0.3, 0.4) is 0 Å².